The van der Waals surface area contributed by atoms with Gasteiger partial charge in [0.1, 0.15) is 5.78 Å². The van der Waals surface area contributed by atoms with Crippen LogP contribution in [0.2, 0.25) is 0 Å². The van der Waals surface area contributed by atoms with E-state index in [2.05, 4.69) is 10.0 Å². The van der Waals surface area contributed by atoms with Crippen molar-refractivity contribution in [2.24, 2.45) is 11.8 Å². The van der Waals surface area contributed by atoms with Gasteiger partial charge in [0.2, 0.25) is 5.78 Å². The molecule has 1 saturated heterocycles. The molecule has 11 heteroatoms. The van der Waals surface area contributed by atoms with E-state index in [0.29, 0.717) is 37.3 Å². The van der Waals surface area contributed by atoms with Crippen LogP contribution in [0.1, 0.15) is 102 Å². The normalized spacial score (nSPS) is 21.0. The third-order valence-electron chi connectivity index (χ3n) is 10.3. The van der Waals surface area contributed by atoms with E-state index in [9.17, 15) is 22.8 Å². The van der Waals surface area contributed by atoms with Gasteiger partial charge >= 0.3 is 10.2 Å². The Bertz CT molecular complexity index is 1920. The highest BCUT2D eigenvalue weighted by molar-refractivity contribution is 7.90. The lowest BCUT2D eigenvalue weighted by molar-refractivity contribution is -0.122. The Morgan fingerprint density at radius 1 is 0.960 bits per heavy atom. The Morgan fingerprint density at radius 3 is 2.38 bits per heavy atom. The fraction of sp³-hybridized carbons (Fsp3) is 0.410. The lowest BCUT2D eigenvalue weighted by Crippen LogP contribution is -2.47. The van der Waals surface area contributed by atoms with Crippen LogP contribution in [0, 0.1) is 22.7 Å². The molecule has 6 rings (SSSR count). The average molecular weight is 696 g/mol. The molecule has 2 aliphatic carbocycles. The van der Waals surface area contributed by atoms with Crippen LogP contribution in [0.5, 0.6) is 0 Å². The number of benzene rings is 3. The largest absolute Gasteiger partial charge is 0.349 e. The molecule has 0 spiro atoms. The maximum Gasteiger partial charge on any atom is 0.301 e. The van der Waals surface area contributed by atoms with Crippen molar-refractivity contribution in [1.29, 1.82) is 10.8 Å². The van der Waals surface area contributed by atoms with Crippen LogP contribution in [0.15, 0.2) is 72.8 Å². The number of hydrogen-bond acceptors (Lipinski definition) is 7. The molecule has 3 aliphatic rings. The topological polar surface area (TPSA) is 160 Å². The van der Waals surface area contributed by atoms with E-state index in [1.54, 1.807) is 6.92 Å². The molecule has 0 aromatic heterocycles. The lowest BCUT2D eigenvalue weighted by Gasteiger charge is -2.35. The van der Waals surface area contributed by atoms with Crippen molar-refractivity contribution >= 4 is 44.8 Å². The molecule has 1 amide bonds. The highest BCUT2D eigenvalue weighted by Crippen LogP contribution is 2.39. The molecule has 0 bridgehead atoms. The maximum atomic E-state index is 14.0. The summed E-state index contributed by atoms with van der Waals surface area (Å²) in [4.78, 5) is 41.2. The predicted octanol–water partition coefficient (Wildman–Crippen LogP) is 5.98. The fourth-order valence-corrected chi connectivity index (χ4v) is 8.53. The minimum absolute atomic E-state index is 0.0295. The first-order chi connectivity index (χ1) is 23.9. The van der Waals surface area contributed by atoms with Gasteiger partial charge < -0.3 is 16.1 Å². The predicted molar refractivity (Wildman–Crippen MR) is 195 cm³/mol. The Kier molecular flexibility index (Phi) is 10.5. The molecule has 50 heavy (non-hydrogen) atoms. The quantitative estimate of drug-likeness (QED) is 0.128. The molecule has 3 aromatic rings. The van der Waals surface area contributed by atoms with Crippen molar-refractivity contribution in [3.63, 3.8) is 0 Å². The summed E-state index contributed by atoms with van der Waals surface area (Å²) in [6.45, 7) is 4.15. The summed E-state index contributed by atoms with van der Waals surface area (Å²) in [7, 11) is -3.90. The van der Waals surface area contributed by atoms with E-state index in [0.717, 1.165) is 33.8 Å². The third-order valence-corrected chi connectivity index (χ3v) is 11.9. The first kappa shape index (κ1) is 35.3. The van der Waals surface area contributed by atoms with Gasteiger partial charge in [0.25, 0.3) is 5.91 Å². The number of carbonyl (C=O) groups is 3. The van der Waals surface area contributed by atoms with E-state index < -0.39 is 27.8 Å². The second-order valence-corrected chi connectivity index (χ2v) is 15.7. The van der Waals surface area contributed by atoms with E-state index in [-0.39, 0.29) is 65.7 Å². The van der Waals surface area contributed by atoms with Gasteiger partial charge in [-0.05, 0) is 85.3 Å². The molecule has 1 saturated carbocycles. The van der Waals surface area contributed by atoms with Crippen LogP contribution < -0.4 is 14.3 Å². The lowest BCUT2D eigenvalue weighted by atomic mass is 9.72. The van der Waals surface area contributed by atoms with E-state index >= 15 is 0 Å². The summed E-state index contributed by atoms with van der Waals surface area (Å²) in [5, 5.41) is 20.3. The number of ketones is 2. The van der Waals surface area contributed by atoms with E-state index in [4.69, 9.17) is 10.8 Å². The second kappa shape index (κ2) is 14.8. The van der Waals surface area contributed by atoms with Crippen molar-refractivity contribution in [3.8, 4) is 0 Å². The first-order valence-electron chi connectivity index (χ1n) is 17.5. The van der Waals surface area contributed by atoms with Crippen LogP contribution in [0.4, 0.5) is 5.69 Å². The van der Waals surface area contributed by atoms with Crippen LogP contribution in [-0.2, 0) is 21.4 Å². The summed E-state index contributed by atoms with van der Waals surface area (Å²) in [5.74, 6) is -1.52. The summed E-state index contributed by atoms with van der Waals surface area (Å²) in [5.41, 5.74) is 3.57. The molecule has 4 atom stereocenters. The van der Waals surface area contributed by atoms with Crippen LogP contribution >= 0.6 is 0 Å². The molecule has 1 unspecified atom stereocenters. The molecule has 1 aliphatic heterocycles. The van der Waals surface area contributed by atoms with Gasteiger partial charge in [0, 0.05) is 54.2 Å². The smallest absolute Gasteiger partial charge is 0.301 e. The zero-order valence-corrected chi connectivity index (χ0v) is 29.4. The third kappa shape index (κ3) is 7.94. The van der Waals surface area contributed by atoms with Crippen LogP contribution in [0.3, 0.4) is 0 Å². The number of anilines is 1. The average Bonchev–Trinajstić information content (AvgIpc) is 3.93. The van der Waals surface area contributed by atoms with Crippen molar-refractivity contribution < 1.29 is 22.8 Å². The van der Waals surface area contributed by atoms with Gasteiger partial charge in [-0.15, -0.1) is 0 Å². The summed E-state index contributed by atoms with van der Waals surface area (Å²) >= 11 is 0. The van der Waals surface area contributed by atoms with Crippen molar-refractivity contribution in [3.05, 3.63) is 101 Å². The zero-order valence-electron chi connectivity index (χ0n) is 28.6. The van der Waals surface area contributed by atoms with Gasteiger partial charge in [-0.25, -0.2) is 0 Å². The van der Waals surface area contributed by atoms with E-state index in [1.165, 1.54) is 18.2 Å². The number of hydrogen-bond donors (Lipinski definition) is 4. The monoisotopic (exact) mass is 695 g/mol. The number of carbonyl (C=O) groups excluding carboxylic acids is 3. The van der Waals surface area contributed by atoms with Crippen LogP contribution in [0.25, 0.3) is 0 Å². The van der Waals surface area contributed by atoms with Gasteiger partial charge in [-0.2, -0.15) is 13.1 Å². The Labute approximate surface area is 294 Å². The highest BCUT2D eigenvalue weighted by Gasteiger charge is 2.35. The number of amides is 1. The molecule has 262 valence electrons. The Balaban J connectivity index is 1.26. The van der Waals surface area contributed by atoms with Crippen molar-refractivity contribution in [2.75, 3.05) is 17.4 Å². The standard InChI is InChI=1S/C39H45N5O5S/c1-24(27-9-4-3-5-10-27)37(41)38(46)29-18-30(21-33(20-29)44-16-8-15-42-50(44,48)49)39(47)43-32-19-28-11-6-7-12-34(28)35(23-32)25(2)36(45)22-31(40)17-26-13-14-26/h3-7,9-12,18,20-21,24-26,32,35,40-42H,8,13-17,19,22-23H2,1-2H3,(H,43,47)/t24-,25-,32+,35?/m1/s1. The van der Waals surface area contributed by atoms with Crippen molar-refractivity contribution in [1.82, 2.24) is 10.0 Å². The number of Topliss-reactive ketones (excluding diaryl/α,β-unsaturated/α-hetero) is 2. The number of fused-ring (bicyclic) bond motifs is 1. The molecule has 10 nitrogen and oxygen atoms in total. The summed E-state index contributed by atoms with van der Waals surface area (Å²) in [6.07, 6.45) is 4.68. The molecule has 4 N–H and O–H groups in total. The molecule has 1 heterocycles. The minimum Gasteiger partial charge on any atom is -0.349 e. The summed E-state index contributed by atoms with van der Waals surface area (Å²) in [6, 6.07) is 21.2. The molecule has 2 fully saturated rings. The molecule has 0 radical (unpaired) electrons. The number of rotatable bonds is 13. The van der Waals surface area contributed by atoms with E-state index in [1.807, 2.05) is 61.5 Å². The van der Waals surface area contributed by atoms with Gasteiger partial charge in [-0.1, -0.05) is 68.4 Å². The van der Waals surface area contributed by atoms with Crippen LogP contribution in [-0.4, -0.2) is 56.4 Å². The zero-order chi connectivity index (χ0) is 35.6. The molecule has 3 aromatic carbocycles. The van der Waals surface area contributed by atoms with Gasteiger partial charge in [-0.3, -0.25) is 18.7 Å². The minimum atomic E-state index is -3.90. The molecular formula is C39H45N5O5S. The SMILES string of the molecule is C[C@@H](C(=N)C(=O)c1cc(C(=O)N[C@H]2Cc3ccccc3C([C@@H](C)C(=O)CC(=N)CC3CC3)C2)cc(N2CCCNS2(=O)=O)c1)c1ccccc1. The number of nitrogens with one attached hydrogen (secondary N) is 4. The van der Waals surface area contributed by atoms with Gasteiger partial charge in [0.05, 0.1) is 11.4 Å². The van der Waals surface area contributed by atoms with Gasteiger partial charge in [0.15, 0.2) is 0 Å². The molecular weight excluding hydrogens is 651 g/mol. The highest BCUT2D eigenvalue weighted by atomic mass is 32.2. The maximum absolute atomic E-state index is 14.0. The second-order valence-electron chi connectivity index (χ2n) is 14.1. The Morgan fingerprint density at radius 2 is 1.66 bits per heavy atom. The number of nitrogens with zero attached hydrogens (tertiary/aromatic N) is 1. The summed E-state index contributed by atoms with van der Waals surface area (Å²) < 4.78 is 29.7. The van der Waals surface area contributed by atoms with Crippen molar-refractivity contribution in [2.45, 2.75) is 76.7 Å². The fourth-order valence-electron chi connectivity index (χ4n) is 7.22. The Hall–Kier alpha value is -4.48. The first-order valence-corrected chi connectivity index (χ1v) is 18.9.